The summed E-state index contributed by atoms with van der Waals surface area (Å²) in [5, 5.41) is 0. The molecule has 1 rings (SSSR count). The van der Waals surface area contributed by atoms with Crippen LogP contribution in [0.3, 0.4) is 0 Å². The molecule has 0 spiro atoms. The number of hydrogen-bond acceptors (Lipinski definition) is 2. The predicted octanol–water partition coefficient (Wildman–Crippen LogP) is 5.21. The summed E-state index contributed by atoms with van der Waals surface area (Å²) in [5.41, 5.74) is 0.161. The van der Waals surface area contributed by atoms with Crippen molar-refractivity contribution >= 4 is 18.9 Å². The Bertz CT molecular complexity index is 557. The molecule has 0 aromatic heterocycles. The Morgan fingerprint density at radius 1 is 0.577 bits per heavy atom. The summed E-state index contributed by atoms with van der Waals surface area (Å²) >= 11 is -3.47. The summed E-state index contributed by atoms with van der Waals surface area (Å²) in [5.74, 6) is 7.26. The van der Waals surface area contributed by atoms with E-state index in [-0.39, 0.29) is 21.9 Å². The third kappa shape index (κ3) is 6.47. The molecule has 0 bridgehead atoms. The maximum atomic E-state index is 3.90. The third-order valence-corrected chi connectivity index (χ3v) is 16.7. The van der Waals surface area contributed by atoms with E-state index in [1.807, 2.05) is 0 Å². The fraction of sp³-hybridized carbons (Fsp3) is 0.826. The van der Waals surface area contributed by atoms with Crippen molar-refractivity contribution in [3.8, 4) is 19.7 Å². The molecule has 1 aliphatic heterocycles. The van der Waals surface area contributed by atoms with Gasteiger partial charge in [-0.15, -0.1) is 0 Å². The van der Waals surface area contributed by atoms with E-state index in [1.54, 1.807) is 0 Å². The van der Waals surface area contributed by atoms with Gasteiger partial charge in [-0.05, 0) is 0 Å². The Morgan fingerprint density at radius 3 is 1.12 bits per heavy atom. The van der Waals surface area contributed by atoms with Gasteiger partial charge in [-0.1, -0.05) is 0 Å². The Labute approximate surface area is 169 Å². The van der Waals surface area contributed by atoms with Gasteiger partial charge in [-0.25, -0.2) is 0 Å². The van der Waals surface area contributed by atoms with E-state index in [9.17, 15) is 0 Å². The van der Waals surface area contributed by atoms with Crippen molar-refractivity contribution in [2.75, 3.05) is 13.1 Å². The van der Waals surface area contributed by atoms with Gasteiger partial charge in [0.1, 0.15) is 0 Å². The first-order valence-corrected chi connectivity index (χ1v) is 15.4. The van der Waals surface area contributed by atoms with E-state index < -0.39 is 18.9 Å². The average molecular weight is 465 g/mol. The zero-order valence-electron chi connectivity index (χ0n) is 19.5. The molecule has 0 unspecified atom stereocenters. The van der Waals surface area contributed by atoms with Crippen LogP contribution in [0, 0.1) is 30.5 Å². The van der Waals surface area contributed by atoms with Gasteiger partial charge in [-0.3, -0.25) is 0 Å². The monoisotopic (exact) mass is 466 g/mol. The fourth-order valence-corrected chi connectivity index (χ4v) is 17.3. The molecule has 2 nitrogen and oxygen atoms in total. The van der Waals surface area contributed by atoms with E-state index in [2.05, 4.69) is 109 Å². The van der Waals surface area contributed by atoms with Gasteiger partial charge in [0.05, 0.1) is 0 Å². The molecule has 26 heavy (non-hydrogen) atoms. The van der Waals surface area contributed by atoms with E-state index in [1.165, 1.54) is 6.42 Å². The van der Waals surface area contributed by atoms with Gasteiger partial charge in [0.15, 0.2) is 0 Å². The van der Waals surface area contributed by atoms with E-state index in [0.717, 1.165) is 13.1 Å². The molecule has 1 fully saturated rings. The summed E-state index contributed by atoms with van der Waals surface area (Å²) in [6.07, 6.45) is 1.20. The first kappa shape index (κ1) is 23.9. The minimum atomic E-state index is -3.47. The summed E-state index contributed by atoms with van der Waals surface area (Å²) < 4.78 is 13.3. The second kappa shape index (κ2) is 7.69. The Morgan fingerprint density at radius 2 is 0.885 bits per heavy atom. The molecule has 0 aromatic carbocycles. The maximum absolute atomic E-state index is 3.90. The minimum absolute atomic E-state index is 0.00210. The Balaban J connectivity index is 3.80. The van der Waals surface area contributed by atoms with E-state index in [4.69, 9.17) is 0 Å². The van der Waals surface area contributed by atoms with Crippen LogP contribution < -0.4 is 0 Å². The topological polar surface area (TPSA) is 6.48 Å². The summed E-state index contributed by atoms with van der Waals surface area (Å²) in [4.78, 5) is 0. The molecule has 0 atom stereocenters. The molecule has 0 saturated carbocycles. The van der Waals surface area contributed by atoms with Gasteiger partial charge in [-0.2, -0.15) is 0 Å². The third-order valence-electron chi connectivity index (χ3n) is 4.39. The molecule has 0 aliphatic carbocycles. The molecular weight excluding hydrogens is 423 g/mol. The van der Waals surface area contributed by atoms with Crippen LogP contribution in [0.2, 0.25) is 0 Å². The van der Waals surface area contributed by atoms with Crippen molar-refractivity contribution < 1.29 is 0 Å². The molecule has 0 amide bonds. The second-order valence-corrected chi connectivity index (χ2v) is 20.0. The zero-order chi connectivity index (χ0) is 20.6. The van der Waals surface area contributed by atoms with Crippen molar-refractivity contribution in [3.63, 3.8) is 0 Å². The molecule has 0 aromatic rings. The second-order valence-electron chi connectivity index (χ2n) is 11.7. The van der Waals surface area contributed by atoms with Crippen LogP contribution in [0.4, 0.5) is 0 Å². The van der Waals surface area contributed by atoms with Crippen molar-refractivity contribution in [2.24, 2.45) is 10.8 Å². The van der Waals surface area contributed by atoms with Crippen LogP contribution in [-0.4, -0.2) is 49.3 Å². The van der Waals surface area contributed by atoms with Crippen LogP contribution in [-0.2, 0) is 0 Å². The van der Waals surface area contributed by atoms with Crippen LogP contribution in [0.15, 0.2) is 0 Å². The molecule has 1 aliphatic rings. The number of nitrogens with zero attached hydrogens (tertiary/aromatic N) is 2. The van der Waals surface area contributed by atoms with Gasteiger partial charge in [0.25, 0.3) is 0 Å². The molecule has 1 heterocycles. The molecular formula is C23H42N2Sn. The quantitative estimate of drug-likeness (QED) is 0.358. The van der Waals surface area contributed by atoms with Gasteiger partial charge in [0, 0.05) is 0 Å². The average Bonchev–Trinajstić information content (AvgIpc) is 2.39. The zero-order valence-corrected chi connectivity index (χ0v) is 22.4. The fourth-order valence-electron chi connectivity index (χ4n) is 3.35. The van der Waals surface area contributed by atoms with Crippen LogP contribution in [0.25, 0.3) is 0 Å². The Kier molecular flexibility index (Phi) is 7.06. The van der Waals surface area contributed by atoms with Gasteiger partial charge in [0.2, 0.25) is 0 Å². The molecule has 0 N–H and O–H groups in total. The molecule has 1 saturated heterocycles. The van der Waals surface area contributed by atoms with Crippen molar-refractivity contribution in [2.45, 2.75) is 101 Å². The van der Waals surface area contributed by atoms with Gasteiger partial charge < -0.3 is 0 Å². The number of rotatable bonds is 0. The Hall–Kier alpha value is -0.161. The molecule has 3 heteroatoms. The normalized spacial score (nSPS) is 20.0. The molecule has 0 radical (unpaired) electrons. The number of hydrogen-bond donors (Lipinski definition) is 0. The first-order valence-electron chi connectivity index (χ1n) is 10.0. The predicted molar refractivity (Wildman–Crippen MR) is 118 cm³/mol. The summed E-state index contributed by atoms with van der Waals surface area (Å²) in [7, 11) is 0. The van der Waals surface area contributed by atoms with Crippen LogP contribution in [0.1, 0.15) is 89.5 Å². The first-order chi connectivity index (χ1) is 11.4. The van der Waals surface area contributed by atoms with Crippen molar-refractivity contribution in [3.05, 3.63) is 0 Å². The van der Waals surface area contributed by atoms with E-state index >= 15 is 0 Å². The van der Waals surface area contributed by atoms with Crippen LogP contribution >= 0.6 is 0 Å². The van der Waals surface area contributed by atoms with Crippen molar-refractivity contribution in [1.29, 1.82) is 0 Å². The van der Waals surface area contributed by atoms with Crippen molar-refractivity contribution in [1.82, 2.24) is 6.24 Å². The van der Waals surface area contributed by atoms with Gasteiger partial charge >= 0.3 is 169 Å². The van der Waals surface area contributed by atoms with Crippen LogP contribution in [0.5, 0.6) is 0 Å². The summed E-state index contributed by atoms with van der Waals surface area (Å²) in [6.45, 7) is 29.5. The standard InChI is InChI=1S/C11H24N2.2C6H9.Sn/c1-10(2,3)12-8-7-9-13-11(4,5)6;2*1-5-6(2,3)4;/h7-9H2,1-6H3;2*2-4H3;/q-2;;;+2. The van der Waals surface area contributed by atoms with E-state index in [0.29, 0.717) is 0 Å². The molecule has 148 valence electrons. The SMILES string of the molecule is CC(C)(C)C#[C][Sn]1([C]#CC(C)(C)C)[N](C(C)(C)C)CCC[N]1C(C)(C)C. The summed E-state index contributed by atoms with van der Waals surface area (Å²) in [6, 6.07) is 0.